The maximum Gasteiger partial charge on any atom is 0.415 e. The van der Waals surface area contributed by atoms with Crippen LogP contribution in [0.3, 0.4) is 0 Å². The summed E-state index contributed by atoms with van der Waals surface area (Å²) in [5.74, 6) is 0.302. The Hall–Kier alpha value is -2.44. The van der Waals surface area contributed by atoms with E-state index >= 15 is 0 Å². The Morgan fingerprint density at radius 3 is 2.46 bits per heavy atom. The number of halogens is 1. The highest BCUT2D eigenvalue weighted by Crippen LogP contribution is 2.21. The number of benzene rings is 2. The highest BCUT2D eigenvalue weighted by molar-refractivity contribution is 9.10. The van der Waals surface area contributed by atoms with E-state index in [0.717, 1.165) is 4.47 Å². The molecule has 0 saturated carbocycles. The molecule has 0 bridgehead atoms. The van der Waals surface area contributed by atoms with Crippen molar-refractivity contribution in [3.8, 4) is 5.75 Å². The fourth-order valence-corrected chi connectivity index (χ4v) is 2.76. The van der Waals surface area contributed by atoms with Crippen molar-refractivity contribution in [2.75, 3.05) is 26.3 Å². The largest absolute Gasteiger partial charge is 0.415 e. The lowest BCUT2D eigenvalue weighted by Gasteiger charge is -2.26. The number of para-hydroxylation sites is 1. The maximum absolute atomic E-state index is 12.3. The quantitative estimate of drug-likeness (QED) is 0.555. The average molecular weight is 416 g/mol. The van der Waals surface area contributed by atoms with E-state index in [-0.39, 0.29) is 5.78 Å². The molecule has 6 heteroatoms. The van der Waals surface area contributed by atoms with Gasteiger partial charge in [0, 0.05) is 28.7 Å². The summed E-state index contributed by atoms with van der Waals surface area (Å²) in [6.07, 6.45) is 2.73. The van der Waals surface area contributed by atoms with Gasteiger partial charge in [0.25, 0.3) is 0 Å². The van der Waals surface area contributed by atoms with Gasteiger partial charge >= 0.3 is 6.09 Å². The van der Waals surface area contributed by atoms with E-state index in [0.29, 0.717) is 43.2 Å². The zero-order chi connectivity index (χ0) is 18.4. The number of allylic oxidation sites excluding steroid dienone is 1. The van der Waals surface area contributed by atoms with Crippen molar-refractivity contribution in [3.05, 3.63) is 70.2 Å². The molecule has 26 heavy (non-hydrogen) atoms. The predicted molar refractivity (Wildman–Crippen MR) is 102 cm³/mol. The highest BCUT2D eigenvalue weighted by Gasteiger charge is 2.19. The SMILES string of the molecule is O=C(C=Cc1ccccc1OC(=O)N1CCOCC1)c1ccc(Br)cc1. The van der Waals surface area contributed by atoms with E-state index < -0.39 is 6.09 Å². The fourth-order valence-electron chi connectivity index (χ4n) is 2.49. The molecular weight excluding hydrogens is 398 g/mol. The lowest BCUT2D eigenvalue weighted by atomic mass is 10.1. The summed E-state index contributed by atoms with van der Waals surface area (Å²) in [6.45, 7) is 2.05. The molecule has 0 N–H and O–H groups in total. The summed E-state index contributed by atoms with van der Waals surface area (Å²) in [7, 11) is 0. The van der Waals surface area contributed by atoms with E-state index in [1.165, 1.54) is 6.08 Å². The van der Waals surface area contributed by atoms with Gasteiger partial charge in [-0.25, -0.2) is 4.79 Å². The highest BCUT2D eigenvalue weighted by atomic mass is 79.9. The minimum Gasteiger partial charge on any atom is -0.410 e. The van der Waals surface area contributed by atoms with Gasteiger partial charge in [-0.05, 0) is 42.5 Å². The minimum atomic E-state index is -0.409. The van der Waals surface area contributed by atoms with E-state index in [1.54, 1.807) is 41.3 Å². The van der Waals surface area contributed by atoms with Gasteiger partial charge in [0.15, 0.2) is 5.78 Å². The Bertz CT molecular complexity index is 811. The number of hydrogen-bond acceptors (Lipinski definition) is 4. The van der Waals surface area contributed by atoms with Crippen LogP contribution in [0.15, 0.2) is 59.1 Å². The maximum atomic E-state index is 12.3. The molecule has 0 atom stereocenters. The summed E-state index contributed by atoms with van der Waals surface area (Å²) >= 11 is 3.35. The number of ketones is 1. The molecule has 0 aliphatic carbocycles. The fraction of sp³-hybridized carbons (Fsp3) is 0.200. The van der Waals surface area contributed by atoms with Crippen molar-refractivity contribution in [2.24, 2.45) is 0 Å². The van der Waals surface area contributed by atoms with Crippen LogP contribution in [-0.4, -0.2) is 43.1 Å². The topological polar surface area (TPSA) is 55.8 Å². The Morgan fingerprint density at radius 2 is 1.73 bits per heavy atom. The first-order chi connectivity index (χ1) is 12.6. The van der Waals surface area contributed by atoms with Crippen molar-refractivity contribution in [2.45, 2.75) is 0 Å². The molecule has 1 aliphatic heterocycles. The van der Waals surface area contributed by atoms with Gasteiger partial charge in [-0.2, -0.15) is 0 Å². The third-order valence-electron chi connectivity index (χ3n) is 3.93. The van der Waals surface area contributed by atoms with Gasteiger partial charge in [0.2, 0.25) is 0 Å². The third kappa shape index (κ3) is 4.80. The molecule has 1 aliphatic rings. The molecule has 1 heterocycles. The second-order valence-electron chi connectivity index (χ2n) is 5.71. The lowest BCUT2D eigenvalue weighted by Crippen LogP contribution is -2.42. The molecule has 2 aromatic carbocycles. The van der Waals surface area contributed by atoms with Gasteiger partial charge < -0.3 is 14.4 Å². The third-order valence-corrected chi connectivity index (χ3v) is 4.46. The number of nitrogens with zero attached hydrogens (tertiary/aromatic N) is 1. The standard InChI is InChI=1S/C20H18BrNO4/c21-17-8-5-15(6-9-17)18(23)10-7-16-3-1-2-4-19(16)26-20(24)22-11-13-25-14-12-22/h1-10H,11-14H2. The van der Waals surface area contributed by atoms with Crippen LogP contribution >= 0.6 is 15.9 Å². The molecule has 0 radical (unpaired) electrons. The molecule has 3 rings (SSSR count). The lowest BCUT2D eigenvalue weighted by molar-refractivity contribution is 0.0416. The molecule has 134 valence electrons. The summed E-state index contributed by atoms with van der Waals surface area (Å²) in [5.41, 5.74) is 1.26. The summed E-state index contributed by atoms with van der Waals surface area (Å²) in [4.78, 5) is 26.2. The molecule has 2 aromatic rings. The number of amides is 1. The first-order valence-corrected chi connectivity index (χ1v) is 9.04. The number of rotatable bonds is 4. The van der Waals surface area contributed by atoms with Crippen molar-refractivity contribution in [3.63, 3.8) is 0 Å². The van der Waals surface area contributed by atoms with Crippen molar-refractivity contribution in [1.82, 2.24) is 4.90 Å². The van der Waals surface area contributed by atoms with Crippen LogP contribution < -0.4 is 4.74 Å². The van der Waals surface area contributed by atoms with Crippen LogP contribution in [0.2, 0.25) is 0 Å². The Labute approximate surface area is 160 Å². The van der Waals surface area contributed by atoms with E-state index in [2.05, 4.69) is 15.9 Å². The molecule has 1 saturated heterocycles. The molecule has 1 fully saturated rings. The monoisotopic (exact) mass is 415 g/mol. The van der Waals surface area contributed by atoms with E-state index in [1.807, 2.05) is 18.2 Å². The summed E-state index contributed by atoms with van der Waals surface area (Å²) in [6, 6.07) is 14.3. The Kier molecular flexibility index (Phi) is 6.20. The predicted octanol–water partition coefficient (Wildman–Crippen LogP) is 4.18. The van der Waals surface area contributed by atoms with E-state index in [4.69, 9.17) is 9.47 Å². The van der Waals surface area contributed by atoms with E-state index in [9.17, 15) is 9.59 Å². The summed E-state index contributed by atoms with van der Waals surface area (Å²) in [5, 5.41) is 0. The molecule has 0 spiro atoms. The van der Waals surface area contributed by atoms with Gasteiger partial charge in [-0.15, -0.1) is 0 Å². The van der Waals surface area contributed by atoms with Gasteiger partial charge in [-0.1, -0.05) is 34.1 Å². The normalized spacial score (nSPS) is 14.4. The molecule has 5 nitrogen and oxygen atoms in total. The summed E-state index contributed by atoms with van der Waals surface area (Å²) < 4.78 is 11.7. The van der Waals surface area contributed by atoms with Crippen LogP contribution in [-0.2, 0) is 4.74 Å². The first kappa shape index (κ1) is 18.4. The second kappa shape index (κ2) is 8.78. The Balaban J connectivity index is 1.71. The Morgan fingerprint density at radius 1 is 1.04 bits per heavy atom. The average Bonchev–Trinajstić information content (AvgIpc) is 2.68. The second-order valence-corrected chi connectivity index (χ2v) is 6.63. The molecule has 1 amide bonds. The van der Waals surface area contributed by atoms with Gasteiger partial charge in [-0.3, -0.25) is 4.79 Å². The van der Waals surface area contributed by atoms with Gasteiger partial charge in [0.1, 0.15) is 5.75 Å². The van der Waals surface area contributed by atoms with Crippen molar-refractivity contribution < 1.29 is 19.1 Å². The minimum absolute atomic E-state index is 0.119. The van der Waals surface area contributed by atoms with Crippen molar-refractivity contribution in [1.29, 1.82) is 0 Å². The first-order valence-electron chi connectivity index (χ1n) is 8.25. The smallest absolute Gasteiger partial charge is 0.410 e. The number of ether oxygens (including phenoxy) is 2. The number of carbonyl (C=O) groups is 2. The number of morpholine rings is 1. The van der Waals surface area contributed by atoms with Crippen LogP contribution in [0, 0.1) is 0 Å². The van der Waals surface area contributed by atoms with Crippen LogP contribution in [0.1, 0.15) is 15.9 Å². The number of carbonyl (C=O) groups excluding carboxylic acids is 2. The molecule has 0 aromatic heterocycles. The van der Waals surface area contributed by atoms with Gasteiger partial charge in [0.05, 0.1) is 13.2 Å². The van der Waals surface area contributed by atoms with Crippen LogP contribution in [0.4, 0.5) is 4.79 Å². The van der Waals surface area contributed by atoms with Crippen LogP contribution in [0.25, 0.3) is 6.08 Å². The zero-order valence-electron chi connectivity index (χ0n) is 14.1. The number of hydrogen-bond donors (Lipinski definition) is 0. The van der Waals surface area contributed by atoms with Crippen molar-refractivity contribution >= 4 is 33.9 Å². The molecule has 0 unspecified atom stereocenters. The molecular formula is C20H18BrNO4. The zero-order valence-corrected chi connectivity index (χ0v) is 15.6. The van der Waals surface area contributed by atoms with Crippen LogP contribution in [0.5, 0.6) is 5.75 Å².